The summed E-state index contributed by atoms with van der Waals surface area (Å²) in [6, 6.07) is 6.30. The van der Waals surface area contributed by atoms with Gasteiger partial charge in [0.05, 0.1) is 18.3 Å². The predicted molar refractivity (Wildman–Crippen MR) is 76.9 cm³/mol. The van der Waals surface area contributed by atoms with E-state index in [4.69, 9.17) is 0 Å². The van der Waals surface area contributed by atoms with E-state index in [0.29, 0.717) is 12.6 Å². The number of hydrogen-bond donors (Lipinski definition) is 1. The van der Waals surface area contributed by atoms with Gasteiger partial charge in [0, 0.05) is 30.3 Å². The van der Waals surface area contributed by atoms with Crippen molar-refractivity contribution < 1.29 is 4.79 Å². The van der Waals surface area contributed by atoms with Crippen molar-refractivity contribution in [3.63, 3.8) is 0 Å². The van der Waals surface area contributed by atoms with Crippen LogP contribution >= 0.6 is 11.8 Å². The Morgan fingerprint density at radius 1 is 1.47 bits per heavy atom. The van der Waals surface area contributed by atoms with Gasteiger partial charge in [0.25, 0.3) is 0 Å². The van der Waals surface area contributed by atoms with Gasteiger partial charge < -0.3 is 10.2 Å². The second-order valence-electron chi connectivity index (χ2n) is 5.10. The monoisotopic (exact) mass is 277 g/mol. The summed E-state index contributed by atoms with van der Waals surface area (Å²) in [5.74, 6) is 2.25. The molecule has 1 aliphatic carbocycles. The lowest BCUT2D eigenvalue weighted by atomic mass is 10.2. The SMILES string of the molecule is O=C(C1CSCCN1)N(Cc1ccccn1)C1CC1. The van der Waals surface area contributed by atoms with Crippen LogP contribution < -0.4 is 5.32 Å². The molecule has 2 aliphatic rings. The number of thioether (sulfide) groups is 1. The first-order valence-corrected chi connectivity index (χ1v) is 8.01. The highest BCUT2D eigenvalue weighted by atomic mass is 32.2. The molecule has 1 aliphatic heterocycles. The Morgan fingerprint density at radius 2 is 2.37 bits per heavy atom. The van der Waals surface area contributed by atoms with Gasteiger partial charge in [0.15, 0.2) is 0 Å². The molecule has 0 aromatic carbocycles. The molecule has 2 heterocycles. The maximum Gasteiger partial charge on any atom is 0.241 e. The molecule has 1 aromatic rings. The molecule has 4 nitrogen and oxygen atoms in total. The number of carbonyl (C=O) groups is 1. The number of carbonyl (C=O) groups excluding carboxylic acids is 1. The fourth-order valence-corrected chi connectivity index (χ4v) is 3.29. The van der Waals surface area contributed by atoms with E-state index in [1.54, 1.807) is 6.20 Å². The Labute approximate surface area is 118 Å². The van der Waals surface area contributed by atoms with Crippen LogP contribution in [0.15, 0.2) is 24.4 Å². The van der Waals surface area contributed by atoms with Crippen LogP contribution in [-0.2, 0) is 11.3 Å². The van der Waals surface area contributed by atoms with Crippen molar-refractivity contribution in [2.45, 2.75) is 31.5 Å². The van der Waals surface area contributed by atoms with Crippen molar-refractivity contribution in [3.8, 4) is 0 Å². The Bertz CT molecular complexity index is 430. The maximum absolute atomic E-state index is 12.6. The predicted octanol–water partition coefficient (Wildman–Crippen LogP) is 1.28. The van der Waals surface area contributed by atoms with Crippen molar-refractivity contribution in [2.75, 3.05) is 18.1 Å². The molecular weight excluding hydrogens is 258 g/mol. The quantitative estimate of drug-likeness (QED) is 0.900. The van der Waals surface area contributed by atoms with Gasteiger partial charge in [-0.2, -0.15) is 11.8 Å². The Hall–Kier alpha value is -1.07. The van der Waals surface area contributed by atoms with Crippen LogP contribution in [0.5, 0.6) is 0 Å². The van der Waals surface area contributed by atoms with E-state index in [2.05, 4.69) is 10.3 Å². The summed E-state index contributed by atoms with van der Waals surface area (Å²) in [5.41, 5.74) is 0.978. The summed E-state index contributed by atoms with van der Waals surface area (Å²) in [6.07, 6.45) is 4.07. The van der Waals surface area contributed by atoms with Crippen molar-refractivity contribution in [1.29, 1.82) is 0 Å². The topological polar surface area (TPSA) is 45.2 Å². The summed E-state index contributed by atoms with van der Waals surface area (Å²) < 4.78 is 0. The van der Waals surface area contributed by atoms with Crippen molar-refractivity contribution in [3.05, 3.63) is 30.1 Å². The fraction of sp³-hybridized carbons (Fsp3) is 0.571. The Morgan fingerprint density at radius 3 is 3.00 bits per heavy atom. The van der Waals surface area contributed by atoms with Crippen molar-refractivity contribution >= 4 is 17.7 Å². The highest BCUT2D eigenvalue weighted by Gasteiger charge is 2.36. The zero-order valence-corrected chi connectivity index (χ0v) is 11.7. The molecule has 1 N–H and O–H groups in total. The second kappa shape index (κ2) is 5.92. The first-order valence-electron chi connectivity index (χ1n) is 6.86. The summed E-state index contributed by atoms with van der Waals surface area (Å²) in [5, 5.41) is 3.34. The number of nitrogens with one attached hydrogen (secondary N) is 1. The van der Waals surface area contributed by atoms with Crippen LogP contribution in [0.25, 0.3) is 0 Å². The van der Waals surface area contributed by atoms with Crippen LogP contribution in [0.3, 0.4) is 0 Å². The molecule has 1 saturated carbocycles. The van der Waals surface area contributed by atoms with Crippen LogP contribution in [0.2, 0.25) is 0 Å². The summed E-state index contributed by atoms with van der Waals surface area (Å²) in [4.78, 5) is 19.0. The van der Waals surface area contributed by atoms with Gasteiger partial charge in [0.1, 0.15) is 0 Å². The van der Waals surface area contributed by atoms with Gasteiger partial charge in [-0.05, 0) is 25.0 Å². The smallest absolute Gasteiger partial charge is 0.241 e. The molecule has 1 amide bonds. The maximum atomic E-state index is 12.6. The first kappa shape index (κ1) is 12.9. The molecule has 2 fully saturated rings. The molecule has 0 spiro atoms. The van der Waals surface area contributed by atoms with Crippen LogP contribution in [-0.4, -0.2) is 45.9 Å². The first-order chi connectivity index (χ1) is 9.34. The molecular formula is C14H19N3OS. The third-order valence-corrected chi connectivity index (χ3v) is 4.61. The lowest BCUT2D eigenvalue weighted by Crippen LogP contribution is -2.51. The molecule has 0 radical (unpaired) electrons. The molecule has 1 saturated heterocycles. The zero-order chi connectivity index (χ0) is 13.1. The van der Waals surface area contributed by atoms with Gasteiger partial charge in [-0.3, -0.25) is 9.78 Å². The highest BCUT2D eigenvalue weighted by Crippen LogP contribution is 2.29. The minimum Gasteiger partial charge on any atom is -0.332 e. The van der Waals surface area contributed by atoms with Crippen molar-refractivity contribution in [2.24, 2.45) is 0 Å². The van der Waals surface area contributed by atoms with E-state index < -0.39 is 0 Å². The lowest BCUT2D eigenvalue weighted by molar-refractivity contribution is -0.134. The summed E-state index contributed by atoms with van der Waals surface area (Å²) in [6.45, 7) is 1.58. The average molecular weight is 277 g/mol. The zero-order valence-electron chi connectivity index (χ0n) is 10.9. The van der Waals surface area contributed by atoms with Gasteiger partial charge in [-0.1, -0.05) is 6.07 Å². The van der Waals surface area contributed by atoms with E-state index in [9.17, 15) is 4.79 Å². The minimum atomic E-state index is -0.0111. The van der Waals surface area contributed by atoms with E-state index in [-0.39, 0.29) is 11.9 Å². The van der Waals surface area contributed by atoms with E-state index in [0.717, 1.165) is 36.6 Å². The average Bonchev–Trinajstić information content (AvgIpc) is 3.31. The number of hydrogen-bond acceptors (Lipinski definition) is 4. The molecule has 102 valence electrons. The van der Waals surface area contributed by atoms with Gasteiger partial charge >= 0.3 is 0 Å². The normalized spacial score (nSPS) is 23.1. The van der Waals surface area contributed by atoms with Crippen LogP contribution in [0.4, 0.5) is 0 Å². The summed E-state index contributed by atoms with van der Waals surface area (Å²) in [7, 11) is 0. The molecule has 19 heavy (non-hydrogen) atoms. The highest BCUT2D eigenvalue weighted by molar-refractivity contribution is 7.99. The standard InChI is InChI=1S/C14H19N3OS/c18-14(13-10-19-8-7-16-13)17(12-4-5-12)9-11-3-1-2-6-15-11/h1-3,6,12-13,16H,4-5,7-10H2. The summed E-state index contributed by atoms with van der Waals surface area (Å²) >= 11 is 1.86. The third kappa shape index (κ3) is 3.28. The molecule has 1 atom stereocenters. The van der Waals surface area contributed by atoms with Crippen LogP contribution in [0.1, 0.15) is 18.5 Å². The second-order valence-corrected chi connectivity index (χ2v) is 6.25. The minimum absolute atomic E-state index is 0.0111. The lowest BCUT2D eigenvalue weighted by Gasteiger charge is -2.29. The number of pyridine rings is 1. The number of amides is 1. The van der Waals surface area contributed by atoms with E-state index in [1.807, 2.05) is 34.9 Å². The number of nitrogens with zero attached hydrogens (tertiary/aromatic N) is 2. The van der Waals surface area contributed by atoms with Crippen molar-refractivity contribution in [1.82, 2.24) is 15.2 Å². The van der Waals surface area contributed by atoms with E-state index in [1.165, 1.54) is 0 Å². The van der Waals surface area contributed by atoms with Gasteiger partial charge in [0.2, 0.25) is 5.91 Å². The van der Waals surface area contributed by atoms with Gasteiger partial charge in [-0.15, -0.1) is 0 Å². The van der Waals surface area contributed by atoms with E-state index >= 15 is 0 Å². The third-order valence-electron chi connectivity index (χ3n) is 3.55. The Kier molecular flexibility index (Phi) is 4.03. The fourth-order valence-electron chi connectivity index (χ4n) is 2.36. The Balaban J connectivity index is 1.68. The molecule has 1 unspecified atom stereocenters. The largest absolute Gasteiger partial charge is 0.332 e. The molecule has 5 heteroatoms. The molecule has 3 rings (SSSR count). The number of aromatic nitrogens is 1. The van der Waals surface area contributed by atoms with Crippen LogP contribution in [0, 0.1) is 0 Å². The molecule has 1 aromatic heterocycles. The molecule has 0 bridgehead atoms. The van der Waals surface area contributed by atoms with Gasteiger partial charge in [-0.25, -0.2) is 0 Å². The number of rotatable bonds is 4.